The molecule has 0 saturated heterocycles. The molecule has 562 valence electrons. The molecule has 0 spiro atoms. The summed E-state index contributed by atoms with van der Waals surface area (Å²) in [6.07, 6.45) is 15.0. The first-order valence-electron chi connectivity index (χ1n) is 40.1. The molecule has 2 aliphatic rings. The predicted molar refractivity (Wildman–Crippen MR) is 452 cm³/mol. The smallest absolute Gasteiger partial charge is 0.261 e. The predicted octanol–water partition coefficient (Wildman–Crippen LogP) is 27.1. The van der Waals surface area contributed by atoms with Crippen LogP contribution in [0.3, 0.4) is 0 Å². The first-order chi connectivity index (χ1) is 53.0. The second-order valence-electron chi connectivity index (χ2n) is 32.8. The van der Waals surface area contributed by atoms with Crippen molar-refractivity contribution in [1.82, 2.24) is 9.80 Å². The van der Waals surface area contributed by atoms with E-state index in [0.29, 0.717) is 113 Å². The van der Waals surface area contributed by atoms with Gasteiger partial charge in [-0.1, -0.05) is 292 Å². The van der Waals surface area contributed by atoms with E-state index >= 15 is 14.4 Å². The van der Waals surface area contributed by atoms with Gasteiger partial charge in [0.15, 0.2) is 0 Å². The van der Waals surface area contributed by atoms with E-state index in [0.717, 1.165) is 91.0 Å². The highest BCUT2D eigenvalue weighted by Crippen LogP contribution is 2.59. The van der Waals surface area contributed by atoms with Gasteiger partial charge in [-0.25, -0.2) is 0 Å². The maximum Gasteiger partial charge on any atom is 0.261 e. The first kappa shape index (κ1) is 76.0. The zero-order chi connectivity index (χ0) is 77.4. The maximum absolute atomic E-state index is 16.3. The van der Waals surface area contributed by atoms with Crippen LogP contribution in [-0.2, 0) is 28.2 Å². The zero-order valence-electron chi connectivity index (χ0n) is 66.8. The van der Waals surface area contributed by atoms with E-state index in [1.54, 1.807) is 0 Å². The standard InChI is InChI=1S/C101H106N2O7/c1-15-20-26-33-65(6)98(7,8)72-42-50-77(51-43-72)109-86-61-82-88-81(96(105)103(97(82)106)63-67(19-5)35-22-17-3)60-85(110-79-56-48-75(49-57-79)101(13,14)71-40-31-25-32-41-71)91-89-83(107-76-52-44-73(45-53-76)99(9,10)69-36-27-23-28-37-69)58-68-64-102(62-66(18-4)34-21-16-2)95(104)80-59-84(90(92(86)94(88)91)93(89)87(68)80)108-78-54-46-74(47-55-78)100(11,12)70-38-29-24-30-39-70/h20,23-33,36-61,66-67H,15-19,21-22,34-35,62-64H2,1-14H3. The van der Waals surface area contributed by atoms with Gasteiger partial charge in [-0.2, -0.15) is 0 Å². The van der Waals surface area contributed by atoms with Gasteiger partial charge in [0.1, 0.15) is 46.0 Å². The molecule has 0 radical (unpaired) electrons. The number of ether oxygens (including phenoxy) is 4. The second-order valence-corrected chi connectivity index (χ2v) is 32.8. The van der Waals surface area contributed by atoms with E-state index in [9.17, 15) is 0 Å². The van der Waals surface area contributed by atoms with Crippen molar-refractivity contribution in [3.05, 3.63) is 297 Å². The third-order valence-electron chi connectivity index (χ3n) is 24.5. The lowest BCUT2D eigenvalue weighted by atomic mass is 9.78. The van der Waals surface area contributed by atoms with Crippen LogP contribution in [0.5, 0.6) is 46.0 Å². The highest BCUT2D eigenvalue weighted by molar-refractivity contribution is 6.43. The summed E-state index contributed by atoms with van der Waals surface area (Å²) in [6.45, 7) is 32.1. The highest BCUT2D eigenvalue weighted by atomic mass is 16.5. The molecule has 2 atom stereocenters. The number of benzene rings is 12. The highest BCUT2D eigenvalue weighted by Gasteiger charge is 2.41. The third-order valence-corrected chi connectivity index (χ3v) is 24.5. The molecule has 0 N–H and O–H groups in total. The normalized spacial score (nSPS) is 14.2. The zero-order valence-corrected chi connectivity index (χ0v) is 66.8. The molecule has 9 heteroatoms. The molecule has 0 fully saturated rings. The van der Waals surface area contributed by atoms with Gasteiger partial charge in [0.2, 0.25) is 0 Å². The van der Waals surface area contributed by atoms with Crippen molar-refractivity contribution in [1.29, 1.82) is 0 Å². The Kier molecular flexibility index (Phi) is 21.6. The van der Waals surface area contributed by atoms with Crippen molar-refractivity contribution in [2.45, 2.75) is 183 Å². The van der Waals surface area contributed by atoms with Crippen LogP contribution < -0.4 is 18.9 Å². The fraction of sp³-hybridized carbons (Fsp3) is 0.317. The quantitative estimate of drug-likeness (QED) is 0.0192. The minimum atomic E-state index is -0.405. The number of hydrogen-bond acceptors (Lipinski definition) is 7. The number of fused-ring (bicyclic) bond motifs is 2. The molecular weight excluding hydrogens is 1350 g/mol. The van der Waals surface area contributed by atoms with E-state index in [4.69, 9.17) is 18.9 Å². The van der Waals surface area contributed by atoms with Gasteiger partial charge in [-0.15, -0.1) is 0 Å². The molecule has 0 aromatic heterocycles. The summed E-state index contributed by atoms with van der Waals surface area (Å²) in [5.74, 6) is 3.19. The Morgan fingerprint density at radius 3 is 1.09 bits per heavy atom. The number of unbranched alkanes of at least 4 members (excludes halogenated alkanes) is 2. The average Bonchev–Trinajstić information content (AvgIpc) is 0.672. The summed E-state index contributed by atoms with van der Waals surface area (Å²) in [5, 5.41) is 4.85. The van der Waals surface area contributed by atoms with Gasteiger partial charge < -0.3 is 23.8 Å². The molecule has 12 aromatic carbocycles. The molecule has 0 aliphatic carbocycles. The number of amides is 3. The number of rotatable bonds is 30. The van der Waals surface area contributed by atoms with Crippen molar-refractivity contribution in [3.63, 3.8) is 0 Å². The molecule has 2 unspecified atom stereocenters. The molecule has 9 nitrogen and oxygen atoms in total. The van der Waals surface area contributed by atoms with E-state index < -0.39 is 11.8 Å². The van der Waals surface area contributed by atoms with Crippen LogP contribution in [0.4, 0.5) is 0 Å². The number of hydrogen-bond donors (Lipinski definition) is 0. The van der Waals surface area contributed by atoms with Crippen LogP contribution in [0.15, 0.2) is 236 Å². The summed E-state index contributed by atoms with van der Waals surface area (Å²) in [7, 11) is 0. The lowest BCUT2D eigenvalue weighted by Gasteiger charge is -2.35. The molecule has 110 heavy (non-hydrogen) atoms. The summed E-state index contributed by atoms with van der Waals surface area (Å²) < 4.78 is 30.5. The Bertz CT molecular complexity index is 5420. The number of carbonyl (C=O) groups excluding carboxylic acids is 3. The Morgan fingerprint density at radius 2 is 0.727 bits per heavy atom. The minimum absolute atomic E-state index is 0.0527. The van der Waals surface area contributed by atoms with Crippen LogP contribution >= 0.6 is 0 Å². The van der Waals surface area contributed by atoms with E-state index in [2.05, 4.69) is 243 Å². The van der Waals surface area contributed by atoms with E-state index in [1.807, 2.05) is 89.8 Å². The van der Waals surface area contributed by atoms with Gasteiger partial charge in [0.05, 0.1) is 16.7 Å². The van der Waals surface area contributed by atoms with Crippen molar-refractivity contribution in [2.75, 3.05) is 13.1 Å². The van der Waals surface area contributed by atoms with E-state index in [-0.39, 0.29) is 45.9 Å². The lowest BCUT2D eigenvalue weighted by Crippen LogP contribution is -2.43. The molecule has 12 aromatic rings. The van der Waals surface area contributed by atoms with Crippen molar-refractivity contribution in [2.24, 2.45) is 11.8 Å². The van der Waals surface area contributed by atoms with Crippen LogP contribution in [0.25, 0.3) is 43.1 Å². The average molecular weight is 1460 g/mol. The topological polar surface area (TPSA) is 94.6 Å². The molecule has 3 amide bonds. The lowest BCUT2D eigenvalue weighted by molar-refractivity contribution is 0.0578. The van der Waals surface area contributed by atoms with Gasteiger partial charge >= 0.3 is 0 Å². The van der Waals surface area contributed by atoms with E-state index in [1.165, 1.54) is 27.2 Å². The largest absolute Gasteiger partial charge is 0.457 e. The van der Waals surface area contributed by atoms with Crippen molar-refractivity contribution in [3.8, 4) is 46.0 Å². The first-order valence-corrected chi connectivity index (χ1v) is 40.1. The van der Waals surface area contributed by atoms with Crippen LogP contribution in [-0.4, -0.2) is 40.6 Å². The maximum atomic E-state index is 16.3. The Hall–Kier alpha value is -10.8. The van der Waals surface area contributed by atoms with Crippen molar-refractivity contribution >= 4 is 60.8 Å². The monoisotopic (exact) mass is 1460 g/mol. The number of imide groups is 1. The van der Waals surface area contributed by atoms with Crippen LogP contribution in [0.1, 0.15) is 230 Å². The molecule has 0 bridgehead atoms. The minimum Gasteiger partial charge on any atom is -0.457 e. The van der Waals surface area contributed by atoms with Gasteiger partial charge in [-0.3, -0.25) is 19.3 Å². The fourth-order valence-corrected chi connectivity index (χ4v) is 16.9. The molecule has 14 rings (SSSR count). The SMILES string of the molecule is CCC=CC=C(C)C(C)(C)c1ccc(Oc2cc3c4c(cc(Oc5ccc(C(C)(C)c6ccccc6)cc5)c5c6c(Oc7ccc(C(C)(C)c8ccccc8)cc7)cc7c8c(cc(Oc9ccc(C(C)(C)c%10ccccc%10)cc9)c(c2c45)c86)C(=O)N(CC(CC)CCCC)C7)C(=O)N(CC(CC)CCCC)C3=O)cc1. The number of carbonyl (C=O) groups is 3. The van der Waals surface area contributed by atoms with Gasteiger partial charge in [0, 0.05) is 84.4 Å². The molecule has 0 saturated carbocycles. The Morgan fingerprint density at radius 1 is 0.391 bits per heavy atom. The van der Waals surface area contributed by atoms with Crippen molar-refractivity contribution < 1.29 is 33.3 Å². The summed E-state index contributed by atoms with van der Waals surface area (Å²) in [4.78, 5) is 52.4. The number of allylic oxidation sites excluding steroid dienone is 4. The molecule has 2 aliphatic heterocycles. The van der Waals surface area contributed by atoms with Gasteiger partial charge in [-0.05, 0) is 155 Å². The second kappa shape index (κ2) is 31.3. The summed E-state index contributed by atoms with van der Waals surface area (Å²) in [5.41, 5.74) is 9.75. The van der Waals surface area contributed by atoms with Crippen LogP contribution in [0, 0.1) is 11.8 Å². The Balaban J connectivity index is 1.11. The summed E-state index contributed by atoms with van der Waals surface area (Å²) in [6, 6.07) is 72.6. The fourth-order valence-electron chi connectivity index (χ4n) is 16.9. The van der Waals surface area contributed by atoms with Crippen LogP contribution in [0.2, 0.25) is 0 Å². The third kappa shape index (κ3) is 14.4. The van der Waals surface area contributed by atoms with Gasteiger partial charge in [0.25, 0.3) is 17.7 Å². The molecular formula is C101H106N2O7. The molecule has 2 heterocycles. The summed E-state index contributed by atoms with van der Waals surface area (Å²) >= 11 is 0. The number of nitrogens with zero attached hydrogens (tertiary/aromatic N) is 2. The Labute approximate surface area is 651 Å².